The zero-order valence-corrected chi connectivity index (χ0v) is 36.0. The first kappa shape index (κ1) is 48.2. The molecule has 4 heterocycles. The first-order chi connectivity index (χ1) is 25.4. The van der Waals surface area contributed by atoms with Crippen LogP contribution in [0.15, 0.2) is 0 Å². The minimum absolute atomic E-state index is 0.147. The van der Waals surface area contributed by atoms with Crippen molar-refractivity contribution in [3.63, 3.8) is 0 Å². The van der Waals surface area contributed by atoms with E-state index in [1.807, 2.05) is 23.9 Å². The number of carbonyl (C=O) groups excluding carboxylic acids is 2. The molecule has 18 atom stereocenters. The van der Waals surface area contributed by atoms with E-state index in [2.05, 4.69) is 24.5 Å². The van der Waals surface area contributed by atoms with Gasteiger partial charge in [-0.2, -0.15) is 0 Å². The lowest BCUT2D eigenvalue weighted by Gasteiger charge is -2.44. The number of halogens is 2. The zero-order valence-electron chi connectivity index (χ0n) is 32.8. The predicted molar refractivity (Wildman–Crippen MR) is 214 cm³/mol. The van der Waals surface area contributed by atoms with Crippen LogP contribution in [0.4, 0.5) is 0 Å². The van der Waals surface area contributed by atoms with Gasteiger partial charge in [0.15, 0.2) is 0 Å². The van der Waals surface area contributed by atoms with Crippen molar-refractivity contribution in [1.82, 2.24) is 20.4 Å². The summed E-state index contributed by atoms with van der Waals surface area (Å²) in [5.74, 6) is 0.699. The second kappa shape index (κ2) is 22.3. The Morgan fingerprint density at radius 3 is 1.28 bits per heavy atom. The molecule has 8 N–H and O–H groups in total. The zero-order chi connectivity index (χ0) is 40.6. The van der Waals surface area contributed by atoms with Crippen LogP contribution in [0.5, 0.6) is 0 Å². The lowest BCUT2D eigenvalue weighted by Crippen LogP contribution is -2.65. The highest BCUT2D eigenvalue weighted by atomic mass is 35.5. The summed E-state index contributed by atoms with van der Waals surface area (Å²) in [6.45, 7) is 9.48. The maximum atomic E-state index is 12.9. The minimum Gasteiger partial charge on any atom is -0.388 e. The number of alkyl halides is 2. The molecule has 0 saturated carbocycles. The Hall–Kier alpha value is -0.180. The number of amides is 2. The third kappa shape index (κ3) is 12.0. The summed E-state index contributed by atoms with van der Waals surface area (Å²) < 4.78 is 11.6. The van der Waals surface area contributed by atoms with Crippen LogP contribution < -0.4 is 10.6 Å². The molecule has 0 spiro atoms. The molecule has 316 valence electrons. The average molecular weight is 850 g/mol. The van der Waals surface area contributed by atoms with Crippen molar-refractivity contribution >= 4 is 58.5 Å². The molecule has 2 amide bonds. The molecule has 4 aliphatic rings. The SMILES string of the molecule is CCC[C@@H]1C[C@@H](C(=O)N[C@@H]([C@H]2O[C@H](SC)[C@H](O)[C@@H](O)[C@H]2O)[C@H](C)Cl)N(C)C1.CCC[C@@H]1C[C@@H](C(=O)N[C@@H]([C@H]2O[C@H](SC)[C@H](O)[C@@H](O)[C@H]2O)[C@H](C)Cl)N(C)C1. The molecule has 0 aromatic heterocycles. The van der Waals surface area contributed by atoms with Gasteiger partial charge in [-0.05, 0) is 78.0 Å². The van der Waals surface area contributed by atoms with Crippen LogP contribution in [-0.2, 0) is 19.1 Å². The van der Waals surface area contributed by atoms with E-state index in [4.69, 9.17) is 32.7 Å². The molecule has 14 nitrogen and oxygen atoms in total. The first-order valence-corrected chi connectivity index (χ1v) is 22.6. The Morgan fingerprint density at radius 1 is 0.667 bits per heavy atom. The molecule has 4 aliphatic heterocycles. The van der Waals surface area contributed by atoms with Crippen molar-refractivity contribution in [2.75, 3.05) is 39.7 Å². The summed E-state index contributed by atoms with van der Waals surface area (Å²) in [5.41, 5.74) is -1.40. The maximum absolute atomic E-state index is 12.9. The Morgan fingerprint density at radius 2 is 1.00 bits per heavy atom. The summed E-state index contributed by atoms with van der Waals surface area (Å²) in [6.07, 6.45) is -0.196. The van der Waals surface area contributed by atoms with E-state index in [9.17, 15) is 40.2 Å². The second-order valence-corrected chi connectivity index (χ2v) is 18.7. The molecular weight excluding hydrogens is 783 g/mol. The lowest BCUT2D eigenvalue weighted by molar-refractivity contribution is -0.205. The smallest absolute Gasteiger partial charge is 0.237 e. The molecule has 0 aromatic rings. The number of nitrogens with zero attached hydrogens (tertiary/aromatic N) is 2. The van der Waals surface area contributed by atoms with Crippen LogP contribution >= 0.6 is 46.7 Å². The monoisotopic (exact) mass is 848 g/mol. The molecule has 54 heavy (non-hydrogen) atoms. The molecule has 0 radical (unpaired) electrons. The van der Waals surface area contributed by atoms with Gasteiger partial charge in [-0.25, -0.2) is 0 Å². The standard InChI is InChI=1S/2C18H33ClN2O5S/c2*1-5-6-10-7-11(21(3)8-10)17(25)20-12(9(2)19)16-14(23)13(22)15(24)18(26-16)27-4/h2*9-16,18,22-24H,5-8H2,1-4H3,(H,20,25)/t2*9-,10+,11-,12+,13-,14+,15+,16+,18+/m00/s1. The van der Waals surface area contributed by atoms with Gasteiger partial charge in [0, 0.05) is 13.1 Å². The number of thioether (sulfide) groups is 2. The number of aliphatic hydroxyl groups excluding tert-OH is 6. The number of aliphatic hydroxyl groups is 6. The van der Waals surface area contributed by atoms with E-state index in [1.54, 1.807) is 26.4 Å². The molecule has 18 heteroatoms. The number of rotatable bonds is 14. The quantitative estimate of drug-likeness (QED) is 0.114. The van der Waals surface area contributed by atoms with Crippen molar-refractivity contribution < 1.29 is 49.7 Å². The summed E-state index contributed by atoms with van der Waals surface area (Å²) in [7, 11) is 3.88. The molecular formula is C36H66Cl2N4O10S2. The van der Waals surface area contributed by atoms with Crippen molar-refractivity contribution in [3.8, 4) is 0 Å². The van der Waals surface area contributed by atoms with Gasteiger partial charge in [-0.15, -0.1) is 46.7 Å². The van der Waals surface area contributed by atoms with E-state index < -0.39 is 82.5 Å². The number of nitrogens with one attached hydrogen (secondary N) is 2. The van der Waals surface area contributed by atoms with E-state index in [0.29, 0.717) is 11.8 Å². The Labute approximate surface area is 339 Å². The fourth-order valence-electron chi connectivity index (χ4n) is 8.23. The van der Waals surface area contributed by atoms with Crippen molar-refractivity contribution in [1.29, 1.82) is 0 Å². The number of carbonyl (C=O) groups is 2. The van der Waals surface area contributed by atoms with Crippen LogP contribution in [0.3, 0.4) is 0 Å². The first-order valence-electron chi connectivity index (χ1n) is 19.2. The van der Waals surface area contributed by atoms with Gasteiger partial charge in [-0.3, -0.25) is 19.4 Å². The van der Waals surface area contributed by atoms with Gasteiger partial charge in [0.05, 0.1) is 34.9 Å². The molecule has 0 aliphatic carbocycles. The van der Waals surface area contributed by atoms with E-state index in [0.717, 1.165) is 51.6 Å². The molecule has 0 bridgehead atoms. The van der Waals surface area contributed by atoms with Crippen LogP contribution in [0, 0.1) is 11.8 Å². The molecule has 4 saturated heterocycles. The van der Waals surface area contributed by atoms with Gasteiger partial charge < -0.3 is 50.7 Å². The fourth-order valence-corrected chi connectivity index (χ4v) is 10.00. The number of hydrogen-bond donors (Lipinski definition) is 8. The third-order valence-corrected chi connectivity index (χ3v) is 13.5. The highest BCUT2D eigenvalue weighted by Crippen LogP contribution is 2.33. The van der Waals surface area contributed by atoms with Crippen LogP contribution in [-0.4, -0.2) is 187 Å². The molecule has 0 unspecified atom stereocenters. The Kier molecular flexibility index (Phi) is 19.9. The average Bonchev–Trinajstić information content (AvgIpc) is 3.69. The van der Waals surface area contributed by atoms with Gasteiger partial charge in [-0.1, -0.05) is 26.7 Å². The maximum Gasteiger partial charge on any atom is 0.237 e. The highest BCUT2D eigenvalue weighted by Gasteiger charge is 2.50. The van der Waals surface area contributed by atoms with E-state index in [-0.39, 0.29) is 23.9 Å². The van der Waals surface area contributed by atoms with E-state index in [1.165, 1.54) is 23.5 Å². The van der Waals surface area contributed by atoms with Crippen molar-refractivity contribution in [3.05, 3.63) is 0 Å². The molecule has 4 fully saturated rings. The van der Waals surface area contributed by atoms with Crippen molar-refractivity contribution in [2.24, 2.45) is 11.8 Å². The van der Waals surface area contributed by atoms with Crippen LogP contribution in [0.2, 0.25) is 0 Å². The van der Waals surface area contributed by atoms with Gasteiger partial charge >= 0.3 is 0 Å². The number of likely N-dealkylation sites (N-methyl/N-ethyl adjacent to an activating group) is 2. The van der Waals surface area contributed by atoms with Gasteiger partial charge in [0.1, 0.15) is 59.7 Å². The largest absolute Gasteiger partial charge is 0.388 e. The van der Waals surface area contributed by atoms with Crippen LogP contribution in [0.25, 0.3) is 0 Å². The summed E-state index contributed by atoms with van der Waals surface area (Å²) >= 11 is 15.1. The Bertz CT molecular complexity index is 1080. The minimum atomic E-state index is -1.36. The van der Waals surface area contributed by atoms with Gasteiger partial charge in [0.25, 0.3) is 0 Å². The fraction of sp³-hybridized carbons (Fsp3) is 0.944. The van der Waals surface area contributed by atoms with Crippen LogP contribution in [0.1, 0.15) is 66.2 Å². The summed E-state index contributed by atoms with van der Waals surface area (Å²) in [5, 5.41) is 66.0. The number of likely N-dealkylation sites (tertiary alicyclic amines) is 2. The number of hydrogen-bond acceptors (Lipinski definition) is 14. The lowest BCUT2D eigenvalue weighted by atomic mass is 9.92. The normalized spacial score (nSPS) is 39.9. The van der Waals surface area contributed by atoms with Gasteiger partial charge in [0.2, 0.25) is 11.8 Å². The Balaban J connectivity index is 0.000000290. The summed E-state index contributed by atoms with van der Waals surface area (Å²) in [4.78, 5) is 29.9. The summed E-state index contributed by atoms with van der Waals surface area (Å²) in [6, 6.07) is -1.87. The second-order valence-electron chi connectivity index (χ2n) is 15.5. The highest BCUT2D eigenvalue weighted by molar-refractivity contribution is 7.99. The number of ether oxygens (including phenoxy) is 2. The predicted octanol–water partition coefficient (Wildman–Crippen LogP) is 0.779. The van der Waals surface area contributed by atoms with Crippen molar-refractivity contribution in [2.45, 2.75) is 161 Å². The topological polar surface area (TPSA) is 205 Å². The van der Waals surface area contributed by atoms with E-state index >= 15 is 0 Å². The molecule has 4 rings (SSSR count). The third-order valence-electron chi connectivity index (χ3n) is 11.3. The molecule has 0 aromatic carbocycles.